The standard InChI is InChI=1S/C14H23BrN2O/c1-10(9-17(3)4)16-11(2)12-6-7-14(18-5)13(15)8-12/h6-8,10-11,16H,9H2,1-5H3. The zero-order chi connectivity index (χ0) is 13.7. The molecule has 0 amide bonds. The third-order valence-electron chi connectivity index (χ3n) is 2.85. The first-order valence-electron chi connectivity index (χ1n) is 6.18. The molecule has 102 valence electrons. The number of nitrogens with zero attached hydrogens (tertiary/aromatic N) is 1. The summed E-state index contributed by atoms with van der Waals surface area (Å²) in [6.07, 6.45) is 0. The second kappa shape index (κ2) is 7.12. The van der Waals surface area contributed by atoms with Gasteiger partial charge in [-0.3, -0.25) is 0 Å². The molecular formula is C14H23BrN2O. The van der Waals surface area contributed by atoms with Crippen LogP contribution in [0.2, 0.25) is 0 Å². The van der Waals surface area contributed by atoms with Gasteiger partial charge in [0, 0.05) is 18.6 Å². The quantitative estimate of drug-likeness (QED) is 0.873. The van der Waals surface area contributed by atoms with Crippen molar-refractivity contribution in [3.05, 3.63) is 28.2 Å². The summed E-state index contributed by atoms with van der Waals surface area (Å²) in [5.41, 5.74) is 1.26. The molecule has 0 aliphatic heterocycles. The van der Waals surface area contributed by atoms with Crippen LogP contribution >= 0.6 is 15.9 Å². The van der Waals surface area contributed by atoms with E-state index in [4.69, 9.17) is 4.74 Å². The van der Waals surface area contributed by atoms with Crippen molar-refractivity contribution < 1.29 is 4.74 Å². The van der Waals surface area contributed by atoms with Crippen LogP contribution in [0.15, 0.2) is 22.7 Å². The van der Waals surface area contributed by atoms with E-state index < -0.39 is 0 Å². The number of hydrogen-bond acceptors (Lipinski definition) is 3. The van der Waals surface area contributed by atoms with Crippen LogP contribution in [0, 0.1) is 0 Å². The maximum atomic E-state index is 5.24. The largest absolute Gasteiger partial charge is 0.496 e. The van der Waals surface area contributed by atoms with E-state index in [0.29, 0.717) is 12.1 Å². The fourth-order valence-corrected chi connectivity index (χ4v) is 2.63. The minimum absolute atomic E-state index is 0.321. The first kappa shape index (κ1) is 15.5. The summed E-state index contributed by atoms with van der Waals surface area (Å²) in [6.45, 7) is 5.41. The van der Waals surface area contributed by atoms with Crippen LogP contribution in [0.5, 0.6) is 5.75 Å². The van der Waals surface area contributed by atoms with Crippen molar-refractivity contribution in [3.8, 4) is 5.75 Å². The zero-order valence-electron chi connectivity index (χ0n) is 11.8. The van der Waals surface area contributed by atoms with E-state index in [1.165, 1.54) is 5.56 Å². The number of benzene rings is 1. The topological polar surface area (TPSA) is 24.5 Å². The van der Waals surface area contributed by atoms with Crippen molar-refractivity contribution in [2.24, 2.45) is 0 Å². The van der Waals surface area contributed by atoms with Crippen molar-refractivity contribution in [2.75, 3.05) is 27.7 Å². The van der Waals surface area contributed by atoms with E-state index in [9.17, 15) is 0 Å². The third kappa shape index (κ3) is 4.59. The maximum Gasteiger partial charge on any atom is 0.133 e. The molecule has 4 heteroatoms. The normalized spacial score (nSPS) is 14.6. The molecule has 0 aliphatic carbocycles. The van der Waals surface area contributed by atoms with E-state index in [0.717, 1.165) is 16.8 Å². The Morgan fingerprint density at radius 2 is 2.00 bits per heavy atom. The fourth-order valence-electron chi connectivity index (χ4n) is 2.08. The van der Waals surface area contributed by atoms with Gasteiger partial charge in [-0.2, -0.15) is 0 Å². The smallest absolute Gasteiger partial charge is 0.133 e. The Kier molecular flexibility index (Phi) is 6.12. The SMILES string of the molecule is COc1ccc(C(C)NC(C)CN(C)C)cc1Br. The van der Waals surface area contributed by atoms with Crippen LogP contribution < -0.4 is 10.1 Å². The molecule has 1 aromatic rings. The van der Waals surface area contributed by atoms with E-state index in [1.54, 1.807) is 7.11 Å². The molecule has 2 unspecified atom stereocenters. The molecule has 0 saturated carbocycles. The van der Waals surface area contributed by atoms with E-state index in [1.807, 2.05) is 6.07 Å². The zero-order valence-corrected chi connectivity index (χ0v) is 13.4. The van der Waals surface area contributed by atoms with Gasteiger partial charge in [-0.15, -0.1) is 0 Å². The molecule has 1 aromatic carbocycles. The van der Waals surface area contributed by atoms with Gasteiger partial charge in [0.25, 0.3) is 0 Å². The molecule has 0 aromatic heterocycles. The molecule has 0 fully saturated rings. The number of hydrogen-bond donors (Lipinski definition) is 1. The van der Waals surface area contributed by atoms with Gasteiger partial charge in [0.05, 0.1) is 11.6 Å². The van der Waals surface area contributed by atoms with Crippen molar-refractivity contribution >= 4 is 15.9 Å². The second-order valence-corrected chi connectivity index (χ2v) is 5.80. The lowest BCUT2D eigenvalue weighted by Gasteiger charge is -2.23. The summed E-state index contributed by atoms with van der Waals surface area (Å²) >= 11 is 3.52. The maximum absolute atomic E-state index is 5.24. The van der Waals surface area contributed by atoms with E-state index in [-0.39, 0.29) is 0 Å². The summed E-state index contributed by atoms with van der Waals surface area (Å²) < 4.78 is 6.24. The monoisotopic (exact) mass is 314 g/mol. The number of rotatable bonds is 6. The number of halogens is 1. The van der Waals surface area contributed by atoms with Crippen LogP contribution in [0.1, 0.15) is 25.5 Å². The highest BCUT2D eigenvalue weighted by Crippen LogP contribution is 2.28. The van der Waals surface area contributed by atoms with Gasteiger partial charge in [-0.25, -0.2) is 0 Å². The highest BCUT2D eigenvalue weighted by Gasteiger charge is 2.11. The Morgan fingerprint density at radius 3 is 2.50 bits per heavy atom. The third-order valence-corrected chi connectivity index (χ3v) is 3.47. The molecule has 2 atom stereocenters. The summed E-state index contributed by atoms with van der Waals surface area (Å²) in [4.78, 5) is 2.19. The molecule has 1 N–H and O–H groups in total. The Bertz CT molecular complexity index is 382. The van der Waals surface area contributed by atoms with E-state index >= 15 is 0 Å². The Labute approximate surface area is 119 Å². The first-order chi connectivity index (χ1) is 8.43. The van der Waals surface area contributed by atoms with Crippen molar-refractivity contribution in [1.29, 1.82) is 0 Å². The Morgan fingerprint density at radius 1 is 1.33 bits per heavy atom. The van der Waals surface area contributed by atoms with Gasteiger partial charge < -0.3 is 15.0 Å². The molecule has 0 bridgehead atoms. The molecule has 0 radical (unpaired) electrons. The summed E-state index contributed by atoms with van der Waals surface area (Å²) in [5, 5.41) is 3.59. The van der Waals surface area contributed by atoms with Gasteiger partial charge in [0.2, 0.25) is 0 Å². The molecule has 0 spiro atoms. The van der Waals surface area contributed by atoms with Gasteiger partial charge in [-0.1, -0.05) is 6.07 Å². The molecular weight excluding hydrogens is 292 g/mol. The molecule has 3 nitrogen and oxygen atoms in total. The van der Waals surface area contributed by atoms with Gasteiger partial charge in [0.1, 0.15) is 5.75 Å². The summed E-state index contributed by atoms with van der Waals surface area (Å²) in [7, 11) is 5.86. The average Bonchev–Trinajstić information content (AvgIpc) is 2.27. The van der Waals surface area contributed by atoms with Crippen LogP contribution in [-0.4, -0.2) is 38.7 Å². The summed E-state index contributed by atoms with van der Waals surface area (Å²) in [5.74, 6) is 0.868. The van der Waals surface area contributed by atoms with Crippen LogP contribution in [-0.2, 0) is 0 Å². The molecule has 18 heavy (non-hydrogen) atoms. The van der Waals surface area contributed by atoms with Crippen LogP contribution in [0.3, 0.4) is 0 Å². The minimum Gasteiger partial charge on any atom is -0.496 e. The van der Waals surface area contributed by atoms with E-state index in [2.05, 4.69) is 66.2 Å². The van der Waals surface area contributed by atoms with Crippen LogP contribution in [0.4, 0.5) is 0 Å². The number of methoxy groups -OCH3 is 1. The lowest BCUT2D eigenvalue weighted by molar-refractivity contribution is 0.334. The number of nitrogens with one attached hydrogen (secondary N) is 1. The van der Waals surface area contributed by atoms with Crippen molar-refractivity contribution in [2.45, 2.75) is 25.9 Å². The molecule has 0 heterocycles. The van der Waals surface area contributed by atoms with Crippen molar-refractivity contribution in [3.63, 3.8) is 0 Å². The predicted octanol–water partition coefficient (Wildman–Crippen LogP) is 3.06. The van der Waals surface area contributed by atoms with Gasteiger partial charge in [-0.05, 0) is 61.6 Å². The molecule has 0 aliphatic rings. The van der Waals surface area contributed by atoms with Crippen LogP contribution in [0.25, 0.3) is 0 Å². The first-order valence-corrected chi connectivity index (χ1v) is 6.97. The number of likely N-dealkylation sites (N-methyl/N-ethyl adjacent to an activating group) is 1. The fraction of sp³-hybridized carbons (Fsp3) is 0.571. The minimum atomic E-state index is 0.321. The van der Waals surface area contributed by atoms with Gasteiger partial charge >= 0.3 is 0 Å². The Balaban J connectivity index is 2.66. The molecule has 1 rings (SSSR count). The predicted molar refractivity (Wildman–Crippen MR) is 80.3 cm³/mol. The highest BCUT2D eigenvalue weighted by molar-refractivity contribution is 9.10. The van der Waals surface area contributed by atoms with Crippen molar-refractivity contribution in [1.82, 2.24) is 10.2 Å². The Hall–Kier alpha value is -0.580. The second-order valence-electron chi connectivity index (χ2n) is 4.95. The van der Waals surface area contributed by atoms with Gasteiger partial charge in [0.15, 0.2) is 0 Å². The lowest BCUT2D eigenvalue weighted by atomic mass is 10.1. The average molecular weight is 315 g/mol. The summed E-state index contributed by atoms with van der Waals surface area (Å²) in [6, 6.07) is 6.98. The molecule has 0 saturated heterocycles. The highest BCUT2D eigenvalue weighted by atomic mass is 79.9. The lowest BCUT2D eigenvalue weighted by Crippen LogP contribution is -2.37. The number of ether oxygens (including phenoxy) is 1.